The Kier molecular flexibility index (Phi) is 3.37. The third kappa shape index (κ3) is 2.50. The van der Waals surface area contributed by atoms with Crippen molar-refractivity contribution < 1.29 is 9.84 Å². The van der Waals surface area contributed by atoms with E-state index >= 15 is 0 Å². The molecule has 1 aliphatic rings. The maximum atomic E-state index is 10.6. The van der Waals surface area contributed by atoms with Gasteiger partial charge in [0.25, 0.3) is 0 Å². The summed E-state index contributed by atoms with van der Waals surface area (Å²) >= 11 is 0. The SMILES string of the molecule is COc1cccc(CN2CCC(O)(c3cn[nH]n3)C2)n1. The van der Waals surface area contributed by atoms with Crippen LogP contribution in [0.15, 0.2) is 24.4 Å². The summed E-state index contributed by atoms with van der Waals surface area (Å²) in [4.78, 5) is 6.53. The largest absolute Gasteiger partial charge is 0.481 e. The van der Waals surface area contributed by atoms with Gasteiger partial charge in [0.05, 0.1) is 19.0 Å². The summed E-state index contributed by atoms with van der Waals surface area (Å²) in [6.07, 6.45) is 2.22. The molecular weight excluding hydrogens is 258 g/mol. The highest BCUT2D eigenvalue weighted by Gasteiger charge is 2.39. The highest BCUT2D eigenvalue weighted by atomic mass is 16.5. The molecule has 3 rings (SSSR count). The number of pyridine rings is 1. The number of β-amino-alcohol motifs (C(OH)–C–C–N with tert-alkyl or cyclic N) is 1. The van der Waals surface area contributed by atoms with Crippen molar-refractivity contribution in [2.75, 3.05) is 20.2 Å². The van der Waals surface area contributed by atoms with E-state index < -0.39 is 5.60 Å². The summed E-state index contributed by atoms with van der Waals surface area (Å²) in [5.74, 6) is 0.605. The zero-order valence-electron chi connectivity index (χ0n) is 11.3. The van der Waals surface area contributed by atoms with Gasteiger partial charge in [-0.1, -0.05) is 6.07 Å². The molecule has 7 heteroatoms. The Bertz CT molecular complexity index is 574. The van der Waals surface area contributed by atoms with Gasteiger partial charge in [0.15, 0.2) is 0 Å². The Morgan fingerprint density at radius 1 is 1.50 bits per heavy atom. The second kappa shape index (κ2) is 5.18. The lowest BCUT2D eigenvalue weighted by Crippen LogP contribution is -2.31. The van der Waals surface area contributed by atoms with E-state index in [9.17, 15) is 5.11 Å². The van der Waals surface area contributed by atoms with Crippen LogP contribution in [0.2, 0.25) is 0 Å². The molecule has 20 heavy (non-hydrogen) atoms. The third-order valence-electron chi connectivity index (χ3n) is 3.59. The van der Waals surface area contributed by atoms with Crippen molar-refractivity contribution in [1.82, 2.24) is 25.3 Å². The molecule has 2 aromatic rings. The van der Waals surface area contributed by atoms with E-state index in [-0.39, 0.29) is 0 Å². The molecule has 0 bridgehead atoms. The van der Waals surface area contributed by atoms with Gasteiger partial charge in [-0.3, -0.25) is 4.90 Å². The molecule has 1 unspecified atom stereocenters. The van der Waals surface area contributed by atoms with Crippen LogP contribution in [-0.2, 0) is 12.1 Å². The number of H-pyrrole nitrogens is 1. The summed E-state index contributed by atoms with van der Waals surface area (Å²) in [6, 6.07) is 5.69. The number of aromatic nitrogens is 4. The zero-order valence-corrected chi connectivity index (χ0v) is 11.3. The van der Waals surface area contributed by atoms with Crippen molar-refractivity contribution in [3.05, 3.63) is 35.8 Å². The molecule has 0 amide bonds. The Morgan fingerprint density at radius 3 is 3.15 bits per heavy atom. The Labute approximate surface area is 116 Å². The van der Waals surface area contributed by atoms with Crippen molar-refractivity contribution in [3.63, 3.8) is 0 Å². The van der Waals surface area contributed by atoms with E-state index in [0.29, 0.717) is 31.1 Å². The summed E-state index contributed by atoms with van der Waals surface area (Å²) in [7, 11) is 1.60. The van der Waals surface area contributed by atoms with Gasteiger partial charge in [-0.05, 0) is 12.5 Å². The van der Waals surface area contributed by atoms with Crippen LogP contribution in [0.25, 0.3) is 0 Å². The minimum atomic E-state index is -0.925. The lowest BCUT2D eigenvalue weighted by Gasteiger charge is -2.20. The molecule has 1 aliphatic heterocycles. The fourth-order valence-electron chi connectivity index (χ4n) is 2.53. The number of hydrogen-bond donors (Lipinski definition) is 2. The molecule has 0 spiro atoms. The summed E-state index contributed by atoms with van der Waals surface area (Å²) < 4.78 is 5.12. The molecule has 2 N–H and O–H groups in total. The van der Waals surface area contributed by atoms with Crippen LogP contribution >= 0.6 is 0 Å². The number of rotatable bonds is 4. The van der Waals surface area contributed by atoms with E-state index in [2.05, 4.69) is 25.3 Å². The highest BCUT2D eigenvalue weighted by molar-refractivity contribution is 5.16. The van der Waals surface area contributed by atoms with Gasteiger partial charge >= 0.3 is 0 Å². The first kappa shape index (κ1) is 13.0. The van der Waals surface area contributed by atoms with Gasteiger partial charge < -0.3 is 9.84 Å². The highest BCUT2D eigenvalue weighted by Crippen LogP contribution is 2.30. The van der Waals surface area contributed by atoms with E-state index in [1.165, 1.54) is 0 Å². The predicted octanol–water partition coefficient (Wildman–Crippen LogP) is 0.302. The molecule has 106 valence electrons. The fourth-order valence-corrected chi connectivity index (χ4v) is 2.53. The molecule has 0 aromatic carbocycles. The van der Waals surface area contributed by atoms with Gasteiger partial charge in [-0.25, -0.2) is 4.98 Å². The molecule has 1 fully saturated rings. The lowest BCUT2D eigenvalue weighted by atomic mass is 10.0. The second-order valence-corrected chi connectivity index (χ2v) is 5.02. The molecule has 3 heterocycles. The van der Waals surface area contributed by atoms with Crippen molar-refractivity contribution in [2.45, 2.75) is 18.6 Å². The van der Waals surface area contributed by atoms with E-state index in [1.807, 2.05) is 18.2 Å². The number of nitrogens with one attached hydrogen (secondary N) is 1. The van der Waals surface area contributed by atoms with E-state index in [4.69, 9.17) is 4.74 Å². The molecule has 2 aromatic heterocycles. The van der Waals surface area contributed by atoms with Crippen molar-refractivity contribution in [3.8, 4) is 5.88 Å². The first-order valence-corrected chi connectivity index (χ1v) is 6.50. The van der Waals surface area contributed by atoms with Gasteiger partial charge in [0, 0.05) is 25.7 Å². The second-order valence-electron chi connectivity index (χ2n) is 5.02. The molecule has 0 aliphatic carbocycles. The predicted molar refractivity (Wildman–Crippen MR) is 71.0 cm³/mol. The monoisotopic (exact) mass is 275 g/mol. The maximum Gasteiger partial charge on any atom is 0.213 e. The molecule has 7 nitrogen and oxygen atoms in total. The summed E-state index contributed by atoms with van der Waals surface area (Å²) in [5, 5.41) is 20.9. The number of hydrogen-bond acceptors (Lipinski definition) is 6. The normalized spacial score (nSPS) is 23.1. The van der Waals surface area contributed by atoms with Crippen LogP contribution in [0.5, 0.6) is 5.88 Å². The average molecular weight is 275 g/mol. The van der Waals surface area contributed by atoms with Crippen LogP contribution < -0.4 is 4.74 Å². The van der Waals surface area contributed by atoms with Crippen molar-refractivity contribution >= 4 is 0 Å². The number of ether oxygens (including phenoxy) is 1. The van der Waals surface area contributed by atoms with Crippen LogP contribution in [0, 0.1) is 0 Å². The third-order valence-corrected chi connectivity index (χ3v) is 3.59. The van der Waals surface area contributed by atoms with Crippen LogP contribution in [0.4, 0.5) is 0 Å². The number of aliphatic hydroxyl groups is 1. The topological polar surface area (TPSA) is 87.2 Å². The van der Waals surface area contributed by atoms with E-state index in [0.717, 1.165) is 12.2 Å². The van der Waals surface area contributed by atoms with Gasteiger partial charge in [0.2, 0.25) is 5.88 Å². The smallest absolute Gasteiger partial charge is 0.213 e. The first-order chi connectivity index (χ1) is 9.69. The quantitative estimate of drug-likeness (QED) is 0.834. The zero-order chi connectivity index (χ0) is 14.0. The number of aromatic amines is 1. The first-order valence-electron chi connectivity index (χ1n) is 6.50. The van der Waals surface area contributed by atoms with Gasteiger partial charge in [0.1, 0.15) is 11.3 Å². The molecule has 1 saturated heterocycles. The molecule has 0 radical (unpaired) electrons. The molecule has 1 atom stereocenters. The maximum absolute atomic E-state index is 10.6. The molecule has 0 saturated carbocycles. The average Bonchev–Trinajstić information content (AvgIpc) is 3.10. The minimum absolute atomic E-state index is 0.526. The molecular formula is C13H17N5O2. The summed E-state index contributed by atoms with van der Waals surface area (Å²) in [6.45, 7) is 2.00. The van der Waals surface area contributed by atoms with E-state index in [1.54, 1.807) is 13.3 Å². The minimum Gasteiger partial charge on any atom is -0.481 e. The number of likely N-dealkylation sites (tertiary alicyclic amines) is 1. The van der Waals surface area contributed by atoms with Gasteiger partial charge in [-0.2, -0.15) is 15.4 Å². The van der Waals surface area contributed by atoms with Crippen molar-refractivity contribution in [1.29, 1.82) is 0 Å². The Balaban J connectivity index is 1.68. The fraction of sp³-hybridized carbons (Fsp3) is 0.462. The Hall–Kier alpha value is -1.99. The number of nitrogens with zero attached hydrogens (tertiary/aromatic N) is 4. The standard InChI is InChI=1S/C13H17N5O2/c1-20-12-4-2-3-10(15-12)8-18-6-5-13(19,9-18)11-7-14-17-16-11/h2-4,7,19H,5-6,8-9H2,1H3,(H,14,16,17). The summed E-state index contributed by atoms with van der Waals surface area (Å²) in [5.41, 5.74) is 0.596. The van der Waals surface area contributed by atoms with Crippen LogP contribution in [-0.4, -0.2) is 50.6 Å². The number of methoxy groups -OCH3 is 1. The van der Waals surface area contributed by atoms with Crippen LogP contribution in [0.1, 0.15) is 17.8 Å². The van der Waals surface area contributed by atoms with Gasteiger partial charge in [-0.15, -0.1) is 0 Å². The Morgan fingerprint density at radius 2 is 2.40 bits per heavy atom. The van der Waals surface area contributed by atoms with Crippen LogP contribution in [0.3, 0.4) is 0 Å². The van der Waals surface area contributed by atoms with Crippen molar-refractivity contribution in [2.24, 2.45) is 0 Å². The lowest BCUT2D eigenvalue weighted by molar-refractivity contribution is 0.0407.